The molecule has 0 aliphatic heterocycles. The van der Waals surface area contributed by atoms with Gasteiger partial charge in [-0.15, -0.1) is 0 Å². The average molecular weight is 369 g/mol. The van der Waals surface area contributed by atoms with Crippen molar-refractivity contribution in [3.05, 3.63) is 34.9 Å². The molecule has 0 saturated heterocycles. The van der Waals surface area contributed by atoms with Crippen LogP contribution >= 0.6 is 43.5 Å². The highest BCUT2D eigenvalue weighted by Gasteiger charge is 2.24. The van der Waals surface area contributed by atoms with E-state index in [4.69, 9.17) is 11.6 Å². The van der Waals surface area contributed by atoms with Gasteiger partial charge in [0.15, 0.2) is 0 Å². The largest absolute Gasteiger partial charge is 0.345 e. The molecule has 16 heavy (non-hydrogen) atoms. The number of alkyl halides is 2. The fraction of sp³-hybridized carbons (Fsp3) is 0.364. The third kappa shape index (κ3) is 3.75. The van der Waals surface area contributed by atoms with Gasteiger partial charge in [-0.3, -0.25) is 4.79 Å². The number of halogens is 3. The summed E-state index contributed by atoms with van der Waals surface area (Å²) in [4.78, 5) is 11.9. The zero-order valence-corrected chi connectivity index (χ0v) is 12.7. The van der Waals surface area contributed by atoms with E-state index in [1.54, 1.807) is 24.3 Å². The van der Waals surface area contributed by atoms with Crippen LogP contribution in [0.3, 0.4) is 0 Å². The van der Waals surface area contributed by atoms with Gasteiger partial charge < -0.3 is 5.32 Å². The van der Waals surface area contributed by atoms with E-state index >= 15 is 0 Å². The molecule has 1 rings (SSSR count). The highest BCUT2D eigenvalue weighted by molar-refractivity contribution is 9.09. The summed E-state index contributed by atoms with van der Waals surface area (Å²) in [5.74, 6) is -0.0990. The van der Waals surface area contributed by atoms with Crippen molar-refractivity contribution in [1.29, 1.82) is 0 Å². The number of carbonyl (C=O) groups is 1. The van der Waals surface area contributed by atoms with Crippen LogP contribution in [0.1, 0.15) is 17.3 Å². The van der Waals surface area contributed by atoms with Crippen LogP contribution in [-0.4, -0.2) is 22.1 Å². The van der Waals surface area contributed by atoms with E-state index in [1.807, 2.05) is 6.92 Å². The normalized spacial score (nSPS) is 11.2. The van der Waals surface area contributed by atoms with Crippen LogP contribution in [0, 0.1) is 0 Å². The molecule has 0 heterocycles. The molecule has 0 aliphatic rings. The zero-order valence-electron chi connectivity index (χ0n) is 8.77. The van der Waals surface area contributed by atoms with E-state index in [9.17, 15) is 4.79 Å². The first-order chi connectivity index (χ1) is 7.50. The summed E-state index contributed by atoms with van der Waals surface area (Å²) in [6.07, 6.45) is 0. The Morgan fingerprint density at radius 2 is 1.81 bits per heavy atom. The first-order valence-electron chi connectivity index (χ1n) is 4.71. The summed E-state index contributed by atoms with van der Waals surface area (Å²) in [5, 5.41) is 4.95. The lowest BCUT2D eigenvalue weighted by molar-refractivity contribution is 0.0923. The molecule has 0 saturated carbocycles. The predicted molar refractivity (Wildman–Crippen MR) is 74.9 cm³/mol. The lowest BCUT2D eigenvalue weighted by atomic mass is 10.1. The Morgan fingerprint density at radius 1 is 1.31 bits per heavy atom. The van der Waals surface area contributed by atoms with E-state index < -0.39 is 0 Å². The van der Waals surface area contributed by atoms with Gasteiger partial charge >= 0.3 is 0 Å². The minimum atomic E-state index is -0.295. The van der Waals surface area contributed by atoms with Crippen LogP contribution < -0.4 is 5.32 Å². The fourth-order valence-electron chi connectivity index (χ4n) is 1.05. The van der Waals surface area contributed by atoms with Crippen LogP contribution in [0.2, 0.25) is 5.02 Å². The topological polar surface area (TPSA) is 29.1 Å². The summed E-state index contributed by atoms with van der Waals surface area (Å²) in [5.41, 5.74) is 0.314. The maximum absolute atomic E-state index is 11.9. The zero-order chi connectivity index (χ0) is 12.2. The van der Waals surface area contributed by atoms with Gasteiger partial charge in [0.1, 0.15) is 0 Å². The van der Waals surface area contributed by atoms with Crippen LogP contribution in [-0.2, 0) is 0 Å². The van der Waals surface area contributed by atoms with Crippen LogP contribution in [0.15, 0.2) is 24.3 Å². The number of rotatable bonds is 4. The molecule has 0 fully saturated rings. The Kier molecular flexibility index (Phi) is 5.28. The molecule has 0 aromatic heterocycles. The molecule has 1 aromatic rings. The van der Waals surface area contributed by atoms with Crippen molar-refractivity contribution in [3.8, 4) is 0 Å². The van der Waals surface area contributed by atoms with E-state index in [0.717, 1.165) is 0 Å². The summed E-state index contributed by atoms with van der Waals surface area (Å²) in [7, 11) is 0. The maximum atomic E-state index is 11.9. The van der Waals surface area contributed by atoms with E-state index in [-0.39, 0.29) is 11.4 Å². The number of carbonyl (C=O) groups excluding carboxylic acids is 1. The second kappa shape index (κ2) is 6.03. The minimum absolute atomic E-state index is 0.0990. The monoisotopic (exact) mass is 367 g/mol. The number of benzene rings is 1. The summed E-state index contributed by atoms with van der Waals surface area (Å²) in [6.45, 7) is 1.96. The fourth-order valence-corrected chi connectivity index (χ4v) is 2.38. The summed E-state index contributed by atoms with van der Waals surface area (Å²) in [6, 6.07) is 6.83. The van der Waals surface area contributed by atoms with Crippen molar-refractivity contribution in [2.45, 2.75) is 12.5 Å². The molecule has 0 atom stereocenters. The minimum Gasteiger partial charge on any atom is -0.345 e. The van der Waals surface area contributed by atoms with Crippen molar-refractivity contribution < 1.29 is 4.79 Å². The average Bonchev–Trinajstić information content (AvgIpc) is 2.29. The summed E-state index contributed by atoms with van der Waals surface area (Å²) < 4.78 is 0. The molecule has 5 heteroatoms. The molecule has 0 unspecified atom stereocenters. The van der Waals surface area contributed by atoms with Gasteiger partial charge in [-0.2, -0.15) is 0 Å². The van der Waals surface area contributed by atoms with Crippen molar-refractivity contribution in [2.75, 3.05) is 10.7 Å². The highest BCUT2D eigenvalue weighted by atomic mass is 79.9. The molecule has 2 nitrogen and oxygen atoms in total. The van der Waals surface area contributed by atoms with Crippen LogP contribution in [0.25, 0.3) is 0 Å². The second-order valence-corrected chi connectivity index (χ2v) is 5.35. The molecular formula is C11H12Br2ClNO. The molecule has 0 bridgehead atoms. The van der Waals surface area contributed by atoms with Gasteiger partial charge in [0, 0.05) is 21.2 Å². The first kappa shape index (κ1) is 14.0. The van der Waals surface area contributed by atoms with Gasteiger partial charge in [-0.25, -0.2) is 0 Å². The smallest absolute Gasteiger partial charge is 0.251 e. The van der Waals surface area contributed by atoms with Gasteiger partial charge in [0.25, 0.3) is 5.91 Å². The van der Waals surface area contributed by atoms with Gasteiger partial charge in [0.2, 0.25) is 0 Å². The Bertz CT molecular complexity index is 363. The Hall–Kier alpha value is -0.0600. The maximum Gasteiger partial charge on any atom is 0.251 e. The highest BCUT2D eigenvalue weighted by Crippen LogP contribution is 2.14. The SMILES string of the molecule is CC(CBr)(CBr)NC(=O)c1ccc(Cl)cc1. The molecule has 88 valence electrons. The van der Waals surface area contributed by atoms with Crippen molar-refractivity contribution >= 4 is 49.4 Å². The van der Waals surface area contributed by atoms with E-state index in [2.05, 4.69) is 37.2 Å². The second-order valence-electron chi connectivity index (χ2n) is 3.79. The van der Waals surface area contributed by atoms with Crippen molar-refractivity contribution in [2.24, 2.45) is 0 Å². The number of amides is 1. The molecule has 1 aromatic carbocycles. The Balaban J connectivity index is 2.76. The molecule has 0 spiro atoms. The number of nitrogens with one attached hydrogen (secondary N) is 1. The van der Waals surface area contributed by atoms with E-state index in [0.29, 0.717) is 21.2 Å². The molecule has 1 amide bonds. The van der Waals surface area contributed by atoms with Crippen LogP contribution in [0.5, 0.6) is 0 Å². The molecular weight excluding hydrogens is 357 g/mol. The molecule has 0 aliphatic carbocycles. The van der Waals surface area contributed by atoms with Gasteiger partial charge in [-0.05, 0) is 31.2 Å². The predicted octanol–water partition coefficient (Wildman–Crippen LogP) is 3.62. The number of hydrogen-bond donors (Lipinski definition) is 1. The first-order valence-corrected chi connectivity index (χ1v) is 7.33. The standard InChI is InChI=1S/C11H12Br2ClNO/c1-11(6-12,7-13)15-10(16)8-2-4-9(14)5-3-8/h2-5H,6-7H2,1H3,(H,15,16). The number of hydrogen-bond acceptors (Lipinski definition) is 1. The van der Waals surface area contributed by atoms with E-state index in [1.165, 1.54) is 0 Å². The third-order valence-corrected chi connectivity index (χ3v) is 4.84. The summed E-state index contributed by atoms with van der Waals surface area (Å²) >= 11 is 12.5. The van der Waals surface area contributed by atoms with Crippen molar-refractivity contribution in [1.82, 2.24) is 5.32 Å². The Labute approximate surface area is 117 Å². The molecule has 0 radical (unpaired) electrons. The lowest BCUT2D eigenvalue weighted by Gasteiger charge is -2.26. The van der Waals surface area contributed by atoms with Gasteiger partial charge in [0.05, 0.1) is 5.54 Å². The third-order valence-electron chi connectivity index (χ3n) is 2.11. The van der Waals surface area contributed by atoms with Crippen LogP contribution in [0.4, 0.5) is 0 Å². The quantitative estimate of drug-likeness (QED) is 0.807. The van der Waals surface area contributed by atoms with Crippen molar-refractivity contribution in [3.63, 3.8) is 0 Å². The molecule has 1 N–H and O–H groups in total. The lowest BCUT2D eigenvalue weighted by Crippen LogP contribution is -2.48. The van der Waals surface area contributed by atoms with Gasteiger partial charge in [-0.1, -0.05) is 43.5 Å². The Morgan fingerprint density at radius 3 is 2.25 bits per heavy atom.